The van der Waals surface area contributed by atoms with Gasteiger partial charge in [0.1, 0.15) is 5.78 Å². The third-order valence-corrected chi connectivity index (χ3v) is 7.98. The molecule has 0 amide bonds. The zero-order chi connectivity index (χ0) is 18.4. The summed E-state index contributed by atoms with van der Waals surface area (Å²) < 4.78 is -0.351. The molecule has 3 rings (SSSR count). The van der Waals surface area contributed by atoms with Crippen molar-refractivity contribution in [2.75, 3.05) is 5.75 Å². The Kier molecular flexibility index (Phi) is 6.54. The zero-order valence-corrected chi connectivity index (χ0v) is 17.6. The van der Waals surface area contributed by atoms with Crippen LogP contribution in [-0.2, 0) is 9.54 Å². The van der Waals surface area contributed by atoms with Gasteiger partial charge in [-0.1, -0.05) is 114 Å². The Morgan fingerprint density at radius 3 is 1.46 bits per heavy atom. The smallest absolute Gasteiger partial charge is 0.143 e. The van der Waals surface area contributed by atoms with Crippen molar-refractivity contribution in [3.05, 3.63) is 108 Å². The number of hydrogen-bond acceptors (Lipinski definition) is 2. The molecular weight excluding hydrogens is 451 g/mol. The van der Waals surface area contributed by atoms with Crippen LogP contribution in [0.5, 0.6) is 0 Å². The molecule has 0 saturated carbocycles. The Morgan fingerprint density at radius 1 is 0.808 bits per heavy atom. The SMILES string of the molecule is CC(=O)C(I)CSC(c1ccccc1)(c1ccccc1)c1ccccc1. The van der Waals surface area contributed by atoms with E-state index in [0.717, 1.165) is 5.75 Å². The summed E-state index contributed by atoms with van der Waals surface area (Å²) in [6, 6.07) is 31.8. The van der Waals surface area contributed by atoms with E-state index >= 15 is 0 Å². The average Bonchev–Trinajstić information content (AvgIpc) is 2.70. The number of hydrogen-bond donors (Lipinski definition) is 0. The lowest BCUT2D eigenvalue weighted by molar-refractivity contribution is -0.115. The van der Waals surface area contributed by atoms with Crippen LogP contribution in [0.25, 0.3) is 0 Å². The van der Waals surface area contributed by atoms with Crippen LogP contribution >= 0.6 is 34.4 Å². The first-order valence-corrected chi connectivity index (χ1v) is 10.8. The van der Waals surface area contributed by atoms with Gasteiger partial charge in [-0.3, -0.25) is 4.79 Å². The Hall–Kier alpha value is -1.59. The molecule has 0 spiro atoms. The molecule has 0 aliphatic rings. The van der Waals surface area contributed by atoms with Crippen molar-refractivity contribution >= 4 is 40.1 Å². The molecule has 0 aliphatic carbocycles. The van der Waals surface area contributed by atoms with Crippen LogP contribution in [-0.4, -0.2) is 15.5 Å². The molecule has 3 aromatic carbocycles. The van der Waals surface area contributed by atoms with Crippen molar-refractivity contribution in [2.45, 2.75) is 15.6 Å². The molecular formula is C23H21IOS. The van der Waals surface area contributed by atoms with Gasteiger partial charge in [-0.15, -0.1) is 11.8 Å². The van der Waals surface area contributed by atoms with E-state index in [9.17, 15) is 4.79 Å². The monoisotopic (exact) mass is 472 g/mol. The Bertz CT molecular complexity index is 737. The van der Waals surface area contributed by atoms with E-state index in [2.05, 4.69) is 95.4 Å². The quantitative estimate of drug-likeness (QED) is 0.235. The number of alkyl halides is 1. The summed E-state index contributed by atoms with van der Waals surface area (Å²) in [6.45, 7) is 1.67. The van der Waals surface area contributed by atoms with Gasteiger partial charge in [0, 0.05) is 5.75 Å². The first-order chi connectivity index (χ1) is 12.6. The lowest BCUT2D eigenvalue weighted by Crippen LogP contribution is -2.28. The van der Waals surface area contributed by atoms with Crippen molar-refractivity contribution in [3.8, 4) is 0 Å². The molecule has 0 radical (unpaired) electrons. The van der Waals surface area contributed by atoms with Crippen LogP contribution in [0.2, 0.25) is 0 Å². The van der Waals surface area contributed by atoms with Gasteiger partial charge in [-0.2, -0.15) is 0 Å². The lowest BCUT2D eigenvalue weighted by atomic mass is 9.84. The highest BCUT2D eigenvalue weighted by atomic mass is 127. The van der Waals surface area contributed by atoms with E-state index in [1.54, 1.807) is 6.92 Å². The van der Waals surface area contributed by atoms with Gasteiger partial charge >= 0.3 is 0 Å². The number of ketones is 1. The predicted octanol–water partition coefficient (Wildman–Crippen LogP) is 6.10. The molecule has 0 heterocycles. The second kappa shape index (κ2) is 8.87. The maximum atomic E-state index is 11.8. The highest BCUT2D eigenvalue weighted by Gasteiger charge is 2.37. The fraction of sp³-hybridized carbons (Fsp3) is 0.174. The van der Waals surface area contributed by atoms with Gasteiger partial charge in [0.15, 0.2) is 0 Å². The minimum atomic E-state index is -0.345. The van der Waals surface area contributed by atoms with Crippen LogP contribution in [0.15, 0.2) is 91.0 Å². The maximum Gasteiger partial charge on any atom is 0.143 e. The molecule has 132 valence electrons. The molecule has 1 nitrogen and oxygen atoms in total. The average molecular weight is 472 g/mol. The Labute approximate surface area is 173 Å². The van der Waals surface area contributed by atoms with Gasteiger partial charge in [-0.25, -0.2) is 0 Å². The van der Waals surface area contributed by atoms with E-state index < -0.39 is 0 Å². The van der Waals surface area contributed by atoms with E-state index in [4.69, 9.17) is 0 Å². The number of thioether (sulfide) groups is 1. The molecule has 0 N–H and O–H groups in total. The number of Topliss-reactive ketones (excluding diaryl/α,β-unsaturated/α-hetero) is 1. The number of rotatable bonds is 7. The third kappa shape index (κ3) is 4.04. The molecule has 3 heteroatoms. The van der Waals surface area contributed by atoms with Crippen LogP contribution in [0.4, 0.5) is 0 Å². The summed E-state index contributed by atoms with van der Waals surface area (Å²) in [5.41, 5.74) is 3.69. The summed E-state index contributed by atoms with van der Waals surface area (Å²) in [7, 11) is 0. The van der Waals surface area contributed by atoms with Gasteiger partial charge in [0.25, 0.3) is 0 Å². The minimum absolute atomic E-state index is 0.00638. The van der Waals surface area contributed by atoms with Crippen molar-refractivity contribution in [2.24, 2.45) is 0 Å². The van der Waals surface area contributed by atoms with Crippen molar-refractivity contribution < 1.29 is 4.79 Å². The van der Waals surface area contributed by atoms with Crippen LogP contribution < -0.4 is 0 Å². The Balaban J connectivity index is 2.19. The zero-order valence-electron chi connectivity index (χ0n) is 14.6. The number of halogens is 1. The molecule has 0 bridgehead atoms. The molecule has 0 aliphatic heterocycles. The molecule has 26 heavy (non-hydrogen) atoms. The largest absolute Gasteiger partial charge is 0.299 e. The van der Waals surface area contributed by atoms with Gasteiger partial charge in [0.05, 0.1) is 8.67 Å². The van der Waals surface area contributed by atoms with Gasteiger partial charge < -0.3 is 0 Å². The summed E-state index contributed by atoms with van der Waals surface area (Å²) in [5.74, 6) is 0.982. The summed E-state index contributed by atoms with van der Waals surface area (Å²) >= 11 is 4.10. The fourth-order valence-corrected chi connectivity index (χ4v) is 5.16. The topological polar surface area (TPSA) is 17.1 Å². The number of carbonyl (C=O) groups is 1. The molecule has 1 atom stereocenters. The highest BCUT2D eigenvalue weighted by Crippen LogP contribution is 2.48. The van der Waals surface area contributed by atoms with Crippen molar-refractivity contribution in [3.63, 3.8) is 0 Å². The third-order valence-electron chi connectivity index (χ3n) is 4.43. The second-order valence-electron chi connectivity index (χ2n) is 6.17. The summed E-state index contributed by atoms with van der Waals surface area (Å²) in [4.78, 5) is 11.8. The first kappa shape index (κ1) is 19.2. The summed E-state index contributed by atoms with van der Waals surface area (Å²) in [6.07, 6.45) is 0. The van der Waals surface area contributed by atoms with Crippen LogP contribution in [0.1, 0.15) is 23.6 Å². The fourth-order valence-electron chi connectivity index (χ4n) is 3.08. The number of benzene rings is 3. The van der Waals surface area contributed by atoms with Crippen LogP contribution in [0, 0.1) is 0 Å². The normalized spacial score (nSPS) is 12.5. The second-order valence-corrected chi connectivity index (χ2v) is 8.91. The number of carbonyl (C=O) groups excluding carboxylic acids is 1. The molecule has 0 fully saturated rings. The standard InChI is InChI=1S/C23H21IOS/c1-18(25)22(24)17-26-23(19-11-5-2-6-12-19,20-13-7-3-8-14-20)21-15-9-4-10-16-21/h2-16,22H,17H2,1H3. The van der Waals surface area contributed by atoms with E-state index in [-0.39, 0.29) is 14.5 Å². The molecule has 0 aromatic heterocycles. The minimum Gasteiger partial charge on any atom is -0.299 e. The highest BCUT2D eigenvalue weighted by molar-refractivity contribution is 14.1. The van der Waals surface area contributed by atoms with Crippen molar-refractivity contribution in [1.29, 1.82) is 0 Å². The predicted molar refractivity (Wildman–Crippen MR) is 120 cm³/mol. The van der Waals surface area contributed by atoms with Gasteiger partial charge in [-0.05, 0) is 23.6 Å². The molecule has 0 saturated heterocycles. The molecule has 1 unspecified atom stereocenters. The van der Waals surface area contributed by atoms with E-state index in [0.29, 0.717) is 0 Å². The lowest BCUT2D eigenvalue weighted by Gasteiger charge is -2.36. The molecule has 3 aromatic rings. The first-order valence-electron chi connectivity index (χ1n) is 8.59. The van der Waals surface area contributed by atoms with E-state index in [1.165, 1.54) is 16.7 Å². The maximum absolute atomic E-state index is 11.8. The van der Waals surface area contributed by atoms with Crippen LogP contribution in [0.3, 0.4) is 0 Å². The van der Waals surface area contributed by atoms with E-state index in [1.807, 2.05) is 30.0 Å². The van der Waals surface area contributed by atoms with Crippen molar-refractivity contribution in [1.82, 2.24) is 0 Å². The summed E-state index contributed by atoms with van der Waals surface area (Å²) in [5, 5.41) is 0. The Morgan fingerprint density at radius 2 is 1.15 bits per heavy atom. The van der Waals surface area contributed by atoms with Gasteiger partial charge in [0.2, 0.25) is 0 Å².